The van der Waals surface area contributed by atoms with Gasteiger partial charge < -0.3 is 14.3 Å². The van der Waals surface area contributed by atoms with E-state index in [1.807, 2.05) is 19.1 Å². The molecule has 0 radical (unpaired) electrons. The highest BCUT2D eigenvalue weighted by Gasteiger charge is 2.34. The number of hydrogen-bond donors (Lipinski definition) is 0. The van der Waals surface area contributed by atoms with Crippen LogP contribution in [0.25, 0.3) is 11.5 Å². The maximum atomic E-state index is 13.0. The lowest BCUT2D eigenvalue weighted by atomic mass is 10.1. The molecule has 1 amide bonds. The van der Waals surface area contributed by atoms with Crippen molar-refractivity contribution in [3.8, 4) is 11.5 Å². The van der Waals surface area contributed by atoms with E-state index in [4.69, 9.17) is 4.52 Å². The molecule has 1 aromatic heterocycles. The molecular weight excluding hydrogens is 366 g/mol. The summed E-state index contributed by atoms with van der Waals surface area (Å²) in [6.07, 6.45) is 3.73. The van der Waals surface area contributed by atoms with Gasteiger partial charge in [-0.15, -0.1) is 0 Å². The van der Waals surface area contributed by atoms with Gasteiger partial charge in [-0.25, -0.2) is 0 Å². The number of benzene rings is 1. The Morgan fingerprint density at radius 1 is 1.07 bits per heavy atom. The number of nitrogens with zero attached hydrogens (tertiary/aromatic N) is 5. The Bertz CT molecular complexity index is 852. The predicted molar refractivity (Wildman–Crippen MR) is 111 cm³/mol. The smallest absolute Gasteiger partial charge is 0.257 e. The van der Waals surface area contributed by atoms with Gasteiger partial charge in [0, 0.05) is 57.1 Å². The van der Waals surface area contributed by atoms with Crippen LogP contribution in [0, 0.1) is 18.8 Å². The summed E-state index contributed by atoms with van der Waals surface area (Å²) in [6.45, 7) is 8.64. The lowest BCUT2D eigenvalue weighted by Gasteiger charge is -2.36. The van der Waals surface area contributed by atoms with Crippen LogP contribution < -0.4 is 4.90 Å². The third-order valence-corrected chi connectivity index (χ3v) is 6.44. The molecule has 3 fully saturated rings. The number of rotatable bonds is 5. The van der Waals surface area contributed by atoms with E-state index in [1.54, 1.807) is 0 Å². The first-order chi connectivity index (χ1) is 14.2. The number of hydrogen-bond acceptors (Lipinski definition) is 6. The molecule has 7 nitrogen and oxygen atoms in total. The Labute approximate surface area is 171 Å². The predicted octanol–water partition coefficient (Wildman–Crippen LogP) is 2.43. The minimum atomic E-state index is 0.114. The van der Waals surface area contributed by atoms with Crippen LogP contribution in [-0.2, 0) is 4.79 Å². The second kappa shape index (κ2) is 7.78. The van der Waals surface area contributed by atoms with Crippen molar-refractivity contribution < 1.29 is 9.32 Å². The lowest BCUT2D eigenvalue weighted by molar-refractivity contribution is -0.136. The van der Waals surface area contributed by atoms with E-state index in [-0.39, 0.29) is 5.92 Å². The second-order valence-electron chi connectivity index (χ2n) is 8.69. The highest BCUT2D eigenvalue weighted by Crippen LogP contribution is 2.30. The summed E-state index contributed by atoms with van der Waals surface area (Å²) in [4.78, 5) is 24.2. The topological polar surface area (TPSA) is 65.7 Å². The van der Waals surface area contributed by atoms with Crippen molar-refractivity contribution in [2.24, 2.45) is 11.8 Å². The van der Waals surface area contributed by atoms with Gasteiger partial charge in [0.25, 0.3) is 5.89 Å². The summed E-state index contributed by atoms with van der Waals surface area (Å²) >= 11 is 0. The van der Waals surface area contributed by atoms with Gasteiger partial charge in [0.15, 0.2) is 5.82 Å². The van der Waals surface area contributed by atoms with E-state index < -0.39 is 0 Å². The van der Waals surface area contributed by atoms with Gasteiger partial charge in [-0.05, 0) is 56.4 Å². The molecule has 3 aliphatic rings. The highest BCUT2D eigenvalue weighted by atomic mass is 16.5. The van der Waals surface area contributed by atoms with Crippen molar-refractivity contribution in [2.45, 2.75) is 26.2 Å². The second-order valence-corrected chi connectivity index (χ2v) is 8.69. The number of carbonyl (C=O) groups is 1. The molecule has 2 aliphatic heterocycles. The van der Waals surface area contributed by atoms with Gasteiger partial charge >= 0.3 is 0 Å². The van der Waals surface area contributed by atoms with Crippen molar-refractivity contribution in [1.29, 1.82) is 0 Å². The number of anilines is 1. The fourth-order valence-corrected chi connectivity index (χ4v) is 4.50. The Balaban J connectivity index is 1.15. The molecule has 1 aromatic carbocycles. The highest BCUT2D eigenvalue weighted by molar-refractivity contribution is 5.80. The molecule has 3 heterocycles. The van der Waals surface area contributed by atoms with Gasteiger partial charge in [0.05, 0.1) is 5.92 Å². The van der Waals surface area contributed by atoms with Crippen molar-refractivity contribution in [3.63, 3.8) is 0 Å². The summed E-state index contributed by atoms with van der Waals surface area (Å²) in [6, 6.07) is 8.18. The van der Waals surface area contributed by atoms with Gasteiger partial charge in [-0.1, -0.05) is 5.16 Å². The number of aryl methyl sites for hydroxylation is 1. The van der Waals surface area contributed by atoms with Crippen molar-refractivity contribution in [1.82, 2.24) is 19.9 Å². The first-order valence-electron chi connectivity index (χ1n) is 10.8. The maximum absolute atomic E-state index is 13.0. The van der Waals surface area contributed by atoms with E-state index in [1.165, 1.54) is 19.4 Å². The fraction of sp³-hybridized carbons (Fsp3) is 0.591. The molecular formula is C22H29N5O2. The molecule has 2 aromatic rings. The average Bonchev–Trinajstić information content (AvgIpc) is 3.24. The Hall–Kier alpha value is -2.41. The maximum Gasteiger partial charge on any atom is 0.257 e. The summed E-state index contributed by atoms with van der Waals surface area (Å²) in [5, 5.41) is 3.85. The van der Waals surface area contributed by atoms with E-state index in [9.17, 15) is 4.79 Å². The molecule has 154 valence electrons. The molecule has 1 atom stereocenters. The summed E-state index contributed by atoms with van der Waals surface area (Å²) in [5.74, 6) is 2.57. The van der Waals surface area contributed by atoms with Crippen molar-refractivity contribution >= 4 is 11.6 Å². The number of piperazine rings is 1. The summed E-state index contributed by atoms with van der Waals surface area (Å²) in [7, 11) is 0. The summed E-state index contributed by atoms with van der Waals surface area (Å²) < 4.78 is 5.24. The number of amides is 1. The normalized spacial score (nSPS) is 23.0. The van der Waals surface area contributed by atoms with Gasteiger partial charge in [-0.2, -0.15) is 4.98 Å². The van der Waals surface area contributed by atoms with Crippen LogP contribution in [0.15, 0.2) is 28.8 Å². The third kappa shape index (κ3) is 4.15. The molecule has 2 saturated heterocycles. The summed E-state index contributed by atoms with van der Waals surface area (Å²) in [5.41, 5.74) is 2.07. The minimum Gasteiger partial charge on any atom is -0.371 e. The first-order valence-corrected chi connectivity index (χ1v) is 10.8. The number of carbonyl (C=O) groups excluding carboxylic acids is 1. The zero-order chi connectivity index (χ0) is 19.8. The van der Waals surface area contributed by atoms with Crippen molar-refractivity contribution in [3.05, 3.63) is 30.1 Å². The van der Waals surface area contributed by atoms with Crippen LogP contribution >= 0.6 is 0 Å². The van der Waals surface area contributed by atoms with E-state index in [0.29, 0.717) is 17.6 Å². The van der Waals surface area contributed by atoms with Crippen LogP contribution in [0.4, 0.5) is 5.69 Å². The SMILES string of the molecule is Cc1noc(-c2ccc(N3CC[C@H](C(=O)N4CCN(CC5CC5)CC4)C3)cc2)n1. The van der Waals surface area contributed by atoms with E-state index in [2.05, 4.69) is 37.0 Å². The monoisotopic (exact) mass is 395 g/mol. The molecule has 0 N–H and O–H groups in total. The van der Waals surface area contributed by atoms with Crippen LogP contribution in [0.1, 0.15) is 25.1 Å². The van der Waals surface area contributed by atoms with Gasteiger partial charge in [0.1, 0.15) is 0 Å². The minimum absolute atomic E-state index is 0.114. The molecule has 5 rings (SSSR count). The van der Waals surface area contributed by atoms with Crippen LogP contribution in [0.2, 0.25) is 0 Å². The number of aromatic nitrogens is 2. The van der Waals surface area contributed by atoms with Crippen molar-refractivity contribution in [2.75, 3.05) is 50.7 Å². The zero-order valence-electron chi connectivity index (χ0n) is 17.1. The first kappa shape index (κ1) is 18.6. The van der Waals surface area contributed by atoms with Crippen LogP contribution in [0.5, 0.6) is 0 Å². The Kier molecular flexibility index (Phi) is 4.99. The Morgan fingerprint density at radius 2 is 1.83 bits per heavy atom. The molecule has 7 heteroatoms. The molecule has 29 heavy (non-hydrogen) atoms. The average molecular weight is 396 g/mol. The molecule has 0 unspecified atom stereocenters. The lowest BCUT2D eigenvalue weighted by Crippen LogP contribution is -2.51. The quantitative estimate of drug-likeness (QED) is 0.775. The van der Waals surface area contributed by atoms with Crippen LogP contribution in [-0.4, -0.2) is 71.7 Å². The fourth-order valence-electron chi connectivity index (χ4n) is 4.50. The molecule has 0 spiro atoms. The van der Waals surface area contributed by atoms with E-state index >= 15 is 0 Å². The van der Waals surface area contributed by atoms with Gasteiger partial charge in [-0.3, -0.25) is 9.69 Å². The molecule has 1 aliphatic carbocycles. The van der Waals surface area contributed by atoms with Crippen LogP contribution in [0.3, 0.4) is 0 Å². The largest absolute Gasteiger partial charge is 0.371 e. The standard InChI is InChI=1S/C22H29N5O2/c1-16-23-21(29-24-16)18-4-6-20(7-5-18)27-9-8-19(15-27)22(28)26-12-10-25(11-13-26)14-17-2-3-17/h4-7,17,19H,2-3,8-15H2,1H3/t19-/m0/s1. The zero-order valence-corrected chi connectivity index (χ0v) is 17.1. The van der Waals surface area contributed by atoms with E-state index in [0.717, 1.165) is 62.9 Å². The Morgan fingerprint density at radius 3 is 2.48 bits per heavy atom. The third-order valence-electron chi connectivity index (χ3n) is 6.44. The van der Waals surface area contributed by atoms with Gasteiger partial charge in [0.2, 0.25) is 5.91 Å². The molecule has 1 saturated carbocycles. The molecule has 0 bridgehead atoms.